The Morgan fingerprint density at radius 3 is 2.47 bits per heavy atom. The van der Waals surface area contributed by atoms with E-state index in [1.54, 1.807) is 14.2 Å². The molecular formula is C14H17NO2. The van der Waals surface area contributed by atoms with Crippen LogP contribution in [0.15, 0.2) is 30.3 Å². The molecule has 0 aliphatic heterocycles. The van der Waals surface area contributed by atoms with E-state index in [-0.39, 0.29) is 0 Å². The summed E-state index contributed by atoms with van der Waals surface area (Å²) in [5.74, 6) is 1.74. The van der Waals surface area contributed by atoms with Crippen molar-refractivity contribution in [2.75, 3.05) is 20.8 Å². The van der Waals surface area contributed by atoms with Crippen molar-refractivity contribution in [3.8, 4) is 11.5 Å². The minimum absolute atomic E-state index is 0.604. The summed E-state index contributed by atoms with van der Waals surface area (Å²) in [6.07, 6.45) is 0.799. The molecule has 90 valence electrons. The van der Waals surface area contributed by atoms with Crippen LogP contribution in [0, 0.1) is 0 Å². The van der Waals surface area contributed by atoms with Gasteiger partial charge in [-0.3, -0.25) is 0 Å². The summed E-state index contributed by atoms with van der Waals surface area (Å²) in [6.45, 7) is 0.604. The zero-order valence-electron chi connectivity index (χ0n) is 10.2. The predicted octanol–water partition coefficient (Wildman–Crippen LogP) is 2.36. The summed E-state index contributed by atoms with van der Waals surface area (Å²) in [4.78, 5) is 0. The minimum Gasteiger partial charge on any atom is -0.497 e. The Morgan fingerprint density at radius 1 is 1.06 bits per heavy atom. The standard InChI is InChI=1S/C14H17NO2/c1-16-11-5-3-10-4-6-14(17-2)12(7-8-15)13(10)9-11/h3-6,9H,7-8,15H2,1-2H3. The van der Waals surface area contributed by atoms with Crippen molar-refractivity contribution < 1.29 is 9.47 Å². The Hall–Kier alpha value is -1.74. The van der Waals surface area contributed by atoms with E-state index in [9.17, 15) is 0 Å². The molecule has 2 aromatic carbocycles. The summed E-state index contributed by atoms with van der Waals surface area (Å²) in [6, 6.07) is 10.1. The fourth-order valence-electron chi connectivity index (χ4n) is 2.06. The van der Waals surface area contributed by atoms with Crippen LogP contribution in [-0.2, 0) is 6.42 Å². The molecule has 0 amide bonds. The molecule has 0 saturated carbocycles. The lowest BCUT2D eigenvalue weighted by Crippen LogP contribution is -2.05. The van der Waals surface area contributed by atoms with Crippen LogP contribution in [0.1, 0.15) is 5.56 Å². The van der Waals surface area contributed by atoms with Gasteiger partial charge in [0.2, 0.25) is 0 Å². The van der Waals surface area contributed by atoms with Crippen LogP contribution in [-0.4, -0.2) is 20.8 Å². The molecule has 2 N–H and O–H groups in total. The van der Waals surface area contributed by atoms with E-state index >= 15 is 0 Å². The highest BCUT2D eigenvalue weighted by Gasteiger charge is 2.08. The van der Waals surface area contributed by atoms with Crippen LogP contribution in [0.25, 0.3) is 10.8 Å². The first kappa shape index (κ1) is 11.7. The van der Waals surface area contributed by atoms with Crippen molar-refractivity contribution >= 4 is 10.8 Å². The Morgan fingerprint density at radius 2 is 1.82 bits per heavy atom. The van der Waals surface area contributed by atoms with E-state index in [0.29, 0.717) is 6.54 Å². The normalized spacial score (nSPS) is 10.5. The largest absolute Gasteiger partial charge is 0.497 e. The molecule has 2 rings (SSSR count). The lowest BCUT2D eigenvalue weighted by molar-refractivity contribution is 0.410. The van der Waals surface area contributed by atoms with Crippen LogP contribution in [0.2, 0.25) is 0 Å². The van der Waals surface area contributed by atoms with E-state index in [1.807, 2.05) is 30.3 Å². The van der Waals surface area contributed by atoms with Crippen molar-refractivity contribution in [2.24, 2.45) is 5.73 Å². The molecule has 0 radical (unpaired) electrons. The van der Waals surface area contributed by atoms with Crippen LogP contribution < -0.4 is 15.2 Å². The third kappa shape index (κ3) is 2.19. The number of methoxy groups -OCH3 is 2. The molecule has 0 atom stereocenters. The van der Waals surface area contributed by atoms with Crippen molar-refractivity contribution in [1.29, 1.82) is 0 Å². The average molecular weight is 231 g/mol. The maximum Gasteiger partial charge on any atom is 0.122 e. The van der Waals surface area contributed by atoms with Crippen LogP contribution in [0.3, 0.4) is 0 Å². The molecule has 0 saturated heterocycles. The quantitative estimate of drug-likeness (QED) is 0.878. The topological polar surface area (TPSA) is 44.5 Å². The minimum atomic E-state index is 0.604. The SMILES string of the molecule is COc1ccc2ccc(OC)c(CCN)c2c1. The van der Waals surface area contributed by atoms with E-state index in [0.717, 1.165) is 28.9 Å². The first-order valence-corrected chi connectivity index (χ1v) is 5.64. The summed E-state index contributed by atoms with van der Waals surface area (Å²) in [5, 5.41) is 2.32. The number of nitrogens with two attached hydrogens (primary N) is 1. The molecule has 2 aromatic rings. The van der Waals surface area contributed by atoms with Gasteiger partial charge < -0.3 is 15.2 Å². The predicted molar refractivity (Wildman–Crippen MR) is 69.8 cm³/mol. The molecule has 0 spiro atoms. The number of hydrogen-bond donors (Lipinski definition) is 1. The molecule has 0 aliphatic carbocycles. The number of rotatable bonds is 4. The second-order valence-electron chi connectivity index (χ2n) is 3.87. The maximum absolute atomic E-state index is 5.66. The zero-order chi connectivity index (χ0) is 12.3. The summed E-state index contributed by atoms with van der Waals surface area (Å²) in [7, 11) is 3.35. The van der Waals surface area contributed by atoms with Gasteiger partial charge in [0.1, 0.15) is 11.5 Å². The van der Waals surface area contributed by atoms with Gasteiger partial charge in [0.15, 0.2) is 0 Å². The number of ether oxygens (including phenoxy) is 2. The van der Waals surface area contributed by atoms with E-state index in [2.05, 4.69) is 0 Å². The molecule has 0 aromatic heterocycles. The van der Waals surface area contributed by atoms with Gasteiger partial charge in [-0.05, 0) is 41.9 Å². The molecule has 0 aliphatic rings. The van der Waals surface area contributed by atoms with Gasteiger partial charge in [0.05, 0.1) is 14.2 Å². The molecule has 0 fully saturated rings. The van der Waals surface area contributed by atoms with Crippen molar-refractivity contribution in [3.05, 3.63) is 35.9 Å². The van der Waals surface area contributed by atoms with Crippen LogP contribution >= 0.6 is 0 Å². The molecule has 3 heteroatoms. The number of benzene rings is 2. The highest BCUT2D eigenvalue weighted by molar-refractivity contribution is 5.89. The lowest BCUT2D eigenvalue weighted by atomic mass is 10.0. The highest BCUT2D eigenvalue weighted by atomic mass is 16.5. The first-order chi connectivity index (χ1) is 8.30. The number of hydrogen-bond acceptors (Lipinski definition) is 3. The van der Waals surface area contributed by atoms with Gasteiger partial charge in [-0.15, -0.1) is 0 Å². The maximum atomic E-state index is 5.66. The van der Waals surface area contributed by atoms with Gasteiger partial charge in [-0.25, -0.2) is 0 Å². The summed E-state index contributed by atoms with van der Waals surface area (Å²) >= 11 is 0. The second-order valence-corrected chi connectivity index (χ2v) is 3.87. The summed E-state index contributed by atoms with van der Waals surface area (Å²) < 4.78 is 10.6. The molecular weight excluding hydrogens is 214 g/mol. The Balaban J connectivity index is 2.67. The molecule has 0 heterocycles. The Bertz CT molecular complexity index is 518. The van der Waals surface area contributed by atoms with E-state index in [1.165, 1.54) is 5.39 Å². The molecule has 17 heavy (non-hydrogen) atoms. The fraction of sp³-hybridized carbons (Fsp3) is 0.286. The lowest BCUT2D eigenvalue weighted by Gasteiger charge is -2.12. The van der Waals surface area contributed by atoms with Gasteiger partial charge in [-0.2, -0.15) is 0 Å². The van der Waals surface area contributed by atoms with Gasteiger partial charge in [0, 0.05) is 5.56 Å². The van der Waals surface area contributed by atoms with Crippen molar-refractivity contribution in [1.82, 2.24) is 0 Å². The zero-order valence-corrected chi connectivity index (χ0v) is 10.2. The monoisotopic (exact) mass is 231 g/mol. The Labute approximate surface area is 101 Å². The molecule has 3 nitrogen and oxygen atoms in total. The van der Waals surface area contributed by atoms with Crippen LogP contribution in [0.4, 0.5) is 0 Å². The molecule has 0 unspecified atom stereocenters. The second kappa shape index (κ2) is 5.06. The smallest absolute Gasteiger partial charge is 0.122 e. The van der Waals surface area contributed by atoms with Gasteiger partial charge in [-0.1, -0.05) is 12.1 Å². The molecule has 0 bridgehead atoms. The van der Waals surface area contributed by atoms with Crippen LogP contribution in [0.5, 0.6) is 11.5 Å². The van der Waals surface area contributed by atoms with Gasteiger partial charge >= 0.3 is 0 Å². The third-order valence-electron chi connectivity index (χ3n) is 2.91. The fourth-order valence-corrected chi connectivity index (χ4v) is 2.06. The first-order valence-electron chi connectivity index (χ1n) is 5.64. The Kier molecular flexibility index (Phi) is 3.49. The highest BCUT2D eigenvalue weighted by Crippen LogP contribution is 2.30. The van der Waals surface area contributed by atoms with Crippen molar-refractivity contribution in [2.45, 2.75) is 6.42 Å². The van der Waals surface area contributed by atoms with Gasteiger partial charge in [0.25, 0.3) is 0 Å². The van der Waals surface area contributed by atoms with E-state index in [4.69, 9.17) is 15.2 Å². The van der Waals surface area contributed by atoms with E-state index < -0.39 is 0 Å². The summed E-state index contributed by atoms with van der Waals surface area (Å²) in [5.41, 5.74) is 6.80. The van der Waals surface area contributed by atoms with Crippen molar-refractivity contribution in [3.63, 3.8) is 0 Å². The average Bonchev–Trinajstić information content (AvgIpc) is 2.39. The third-order valence-corrected chi connectivity index (χ3v) is 2.91. The number of fused-ring (bicyclic) bond motifs is 1.